The number of nitrogens with zero attached hydrogens (tertiary/aromatic N) is 2. The van der Waals surface area contributed by atoms with E-state index < -0.39 is 11.5 Å². The van der Waals surface area contributed by atoms with E-state index in [1.165, 1.54) is 0 Å². The molecule has 0 aliphatic carbocycles. The molecule has 0 unspecified atom stereocenters. The molecule has 0 aliphatic rings. The van der Waals surface area contributed by atoms with Gasteiger partial charge in [-0.3, -0.25) is 14.3 Å². The predicted octanol–water partition coefficient (Wildman–Crippen LogP) is 2.70. The summed E-state index contributed by atoms with van der Waals surface area (Å²) in [5, 5.41) is 9.21. The Labute approximate surface area is 124 Å². The second kappa shape index (κ2) is 4.99. The third-order valence-electron chi connectivity index (χ3n) is 2.91. The van der Waals surface area contributed by atoms with Crippen LogP contribution in [0.15, 0.2) is 4.79 Å². The normalized spacial score (nSPS) is 11.2. The van der Waals surface area contributed by atoms with Gasteiger partial charge >= 0.3 is 5.97 Å². The highest BCUT2D eigenvalue weighted by atomic mass is 35.5. The van der Waals surface area contributed by atoms with Crippen molar-refractivity contribution < 1.29 is 9.90 Å². The Bertz CT molecular complexity index is 838. The highest BCUT2D eigenvalue weighted by molar-refractivity contribution is 7.71. The van der Waals surface area contributed by atoms with E-state index >= 15 is 0 Å². The number of rotatable bonds is 2. The van der Waals surface area contributed by atoms with Gasteiger partial charge in [-0.25, -0.2) is 9.78 Å². The number of halogens is 1. The van der Waals surface area contributed by atoms with Crippen LogP contribution in [0.4, 0.5) is 0 Å². The van der Waals surface area contributed by atoms with Crippen molar-refractivity contribution in [1.29, 1.82) is 0 Å². The van der Waals surface area contributed by atoms with Crippen LogP contribution in [0.3, 0.4) is 0 Å². The predicted molar refractivity (Wildman–Crippen MR) is 78.3 cm³/mol. The highest BCUT2D eigenvalue weighted by Gasteiger charge is 2.22. The van der Waals surface area contributed by atoms with Gasteiger partial charge in [0.1, 0.15) is 5.65 Å². The molecule has 2 aromatic rings. The van der Waals surface area contributed by atoms with E-state index in [1.54, 1.807) is 11.5 Å². The number of aromatic nitrogens is 3. The molecule has 0 radical (unpaired) electrons. The smallest absolute Gasteiger partial charge is 0.338 e. The molecule has 0 spiro atoms. The van der Waals surface area contributed by atoms with E-state index in [1.807, 2.05) is 13.8 Å². The van der Waals surface area contributed by atoms with E-state index in [-0.39, 0.29) is 32.4 Å². The second-order valence-corrected chi connectivity index (χ2v) is 5.38. The molecule has 6 nitrogen and oxygen atoms in total. The van der Waals surface area contributed by atoms with Gasteiger partial charge in [-0.1, -0.05) is 11.6 Å². The SMILES string of the molecule is Cc1nc2c(c(C(=O)O)c1Cl)c(=O)[nH]c(=S)n2C(C)C. The Balaban J connectivity index is 3.20. The van der Waals surface area contributed by atoms with Gasteiger partial charge in [-0.15, -0.1) is 0 Å². The first kappa shape index (κ1) is 14.7. The third kappa shape index (κ3) is 2.12. The Kier molecular flexibility index (Phi) is 3.66. The number of H-pyrrole nitrogens is 1. The van der Waals surface area contributed by atoms with Gasteiger partial charge in [0.05, 0.1) is 21.7 Å². The molecule has 2 rings (SSSR count). The fraction of sp³-hybridized carbons (Fsp3) is 0.333. The van der Waals surface area contributed by atoms with Gasteiger partial charge in [-0.05, 0) is 33.0 Å². The van der Waals surface area contributed by atoms with E-state index in [9.17, 15) is 14.7 Å². The minimum atomic E-state index is -1.27. The molecule has 0 saturated heterocycles. The summed E-state index contributed by atoms with van der Waals surface area (Å²) < 4.78 is 1.80. The van der Waals surface area contributed by atoms with Crippen LogP contribution in [-0.2, 0) is 0 Å². The zero-order valence-corrected chi connectivity index (χ0v) is 12.6. The molecule has 0 aromatic carbocycles. The molecule has 2 heterocycles. The zero-order valence-electron chi connectivity index (χ0n) is 11.0. The molecule has 106 valence electrons. The maximum atomic E-state index is 12.1. The average molecular weight is 314 g/mol. The number of aromatic carboxylic acids is 1. The summed E-state index contributed by atoms with van der Waals surface area (Å²) in [5.41, 5.74) is -0.285. The van der Waals surface area contributed by atoms with Gasteiger partial charge < -0.3 is 5.11 Å². The lowest BCUT2D eigenvalue weighted by Crippen LogP contribution is -2.20. The van der Waals surface area contributed by atoms with Crippen molar-refractivity contribution in [2.45, 2.75) is 26.8 Å². The van der Waals surface area contributed by atoms with Crippen molar-refractivity contribution in [2.24, 2.45) is 0 Å². The molecule has 2 N–H and O–H groups in total. The topological polar surface area (TPSA) is 88.0 Å². The first-order valence-electron chi connectivity index (χ1n) is 5.83. The lowest BCUT2D eigenvalue weighted by atomic mass is 10.1. The number of carboxylic acids is 1. The number of hydrogen-bond donors (Lipinski definition) is 2. The summed E-state index contributed by atoms with van der Waals surface area (Å²) in [6.07, 6.45) is 0. The van der Waals surface area contributed by atoms with Crippen molar-refractivity contribution >= 4 is 40.8 Å². The Morgan fingerprint density at radius 3 is 2.60 bits per heavy atom. The fourth-order valence-corrected chi connectivity index (χ4v) is 2.66. The van der Waals surface area contributed by atoms with Crippen LogP contribution in [0.2, 0.25) is 5.02 Å². The number of pyridine rings is 1. The standard InChI is InChI=1S/C12H12ClN3O3S/c1-4(2)16-9-7(10(17)15-12(16)20)6(11(18)19)8(13)5(3)14-9/h4H,1-3H3,(H,18,19)(H,15,17,20). The van der Waals surface area contributed by atoms with E-state index in [4.69, 9.17) is 23.8 Å². The van der Waals surface area contributed by atoms with Crippen molar-refractivity contribution in [2.75, 3.05) is 0 Å². The molecule has 0 atom stereocenters. The summed E-state index contributed by atoms with van der Waals surface area (Å²) in [5.74, 6) is -1.27. The summed E-state index contributed by atoms with van der Waals surface area (Å²) >= 11 is 11.1. The molecule has 0 fully saturated rings. The fourth-order valence-electron chi connectivity index (χ4n) is 2.05. The van der Waals surface area contributed by atoms with Crippen molar-refractivity contribution in [1.82, 2.24) is 14.5 Å². The summed E-state index contributed by atoms with van der Waals surface area (Å²) in [4.78, 5) is 30.2. The number of carboxylic acid groups (broad SMARTS) is 1. The maximum absolute atomic E-state index is 12.1. The van der Waals surface area contributed by atoms with Gasteiger partial charge in [0, 0.05) is 6.04 Å². The Morgan fingerprint density at radius 2 is 2.10 bits per heavy atom. The van der Waals surface area contributed by atoms with Gasteiger partial charge in [0.2, 0.25) is 0 Å². The summed E-state index contributed by atoms with van der Waals surface area (Å²) in [6.45, 7) is 5.31. The first-order valence-corrected chi connectivity index (χ1v) is 6.62. The second-order valence-electron chi connectivity index (χ2n) is 4.61. The van der Waals surface area contributed by atoms with E-state index in [2.05, 4.69) is 9.97 Å². The van der Waals surface area contributed by atoms with Crippen LogP contribution >= 0.6 is 23.8 Å². The first-order chi connectivity index (χ1) is 9.25. The van der Waals surface area contributed by atoms with Gasteiger partial charge in [0.25, 0.3) is 5.56 Å². The number of nitrogens with one attached hydrogen (secondary N) is 1. The summed E-state index contributed by atoms with van der Waals surface area (Å²) in [7, 11) is 0. The number of aromatic amines is 1. The van der Waals surface area contributed by atoms with Crippen LogP contribution in [0.1, 0.15) is 35.9 Å². The monoisotopic (exact) mass is 313 g/mol. The highest BCUT2D eigenvalue weighted by Crippen LogP contribution is 2.26. The number of hydrogen-bond acceptors (Lipinski definition) is 4. The minimum absolute atomic E-state index is 0.0390. The average Bonchev–Trinajstić information content (AvgIpc) is 2.30. The molecule has 0 bridgehead atoms. The van der Waals surface area contributed by atoms with E-state index in [0.717, 1.165) is 0 Å². The van der Waals surface area contributed by atoms with E-state index in [0.29, 0.717) is 5.69 Å². The largest absolute Gasteiger partial charge is 0.478 e. The number of fused-ring (bicyclic) bond motifs is 1. The van der Waals surface area contributed by atoms with Crippen LogP contribution < -0.4 is 5.56 Å². The molecule has 0 saturated carbocycles. The zero-order chi connectivity index (χ0) is 15.2. The molecular formula is C12H12ClN3O3S. The summed E-state index contributed by atoms with van der Waals surface area (Å²) in [6, 6.07) is -0.0865. The van der Waals surface area contributed by atoms with Gasteiger partial charge in [0.15, 0.2) is 4.77 Å². The van der Waals surface area contributed by atoms with Crippen molar-refractivity contribution in [3.8, 4) is 0 Å². The van der Waals surface area contributed by atoms with Crippen LogP contribution in [-0.4, -0.2) is 25.6 Å². The molecule has 8 heteroatoms. The minimum Gasteiger partial charge on any atom is -0.478 e. The molecule has 0 aliphatic heterocycles. The number of aryl methyl sites for hydroxylation is 1. The van der Waals surface area contributed by atoms with Crippen molar-refractivity contribution in [3.05, 3.63) is 31.4 Å². The Hall–Kier alpha value is -1.73. The van der Waals surface area contributed by atoms with Crippen LogP contribution in [0.5, 0.6) is 0 Å². The lowest BCUT2D eigenvalue weighted by Gasteiger charge is -2.16. The molecule has 20 heavy (non-hydrogen) atoms. The quantitative estimate of drug-likeness (QED) is 0.832. The third-order valence-corrected chi connectivity index (χ3v) is 3.67. The maximum Gasteiger partial charge on any atom is 0.338 e. The lowest BCUT2D eigenvalue weighted by molar-refractivity contribution is 0.0699. The molecular weight excluding hydrogens is 302 g/mol. The van der Waals surface area contributed by atoms with Crippen LogP contribution in [0.25, 0.3) is 11.0 Å². The van der Waals surface area contributed by atoms with Crippen LogP contribution in [0, 0.1) is 11.7 Å². The van der Waals surface area contributed by atoms with Gasteiger partial charge in [-0.2, -0.15) is 0 Å². The number of carbonyl (C=O) groups is 1. The molecule has 0 amide bonds. The molecule has 2 aromatic heterocycles. The van der Waals surface area contributed by atoms with Crippen molar-refractivity contribution in [3.63, 3.8) is 0 Å². The Morgan fingerprint density at radius 1 is 1.50 bits per heavy atom.